The quantitative estimate of drug-likeness (QED) is 0.632. The number of methoxy groups -OCH3 is 1. The first-order valence-corrected chi connectivity index (χ1v) is 10.2. The molecule has 0 bridgehead atoms. The van der Waals surface area contributed by atoms with Crippen molar-refractivity contribution in [3.05, 3.63) is 75.3 Å². The summed E-state index contributed by atoms with van der Waals surface area (Å²) in [5.41, 5.74) is 5.35. The van der Waals surface area contributed by atoms with E-state index in [0.29, 0.717) is 10.7 Å². The Kier molecular flexibility index (Phi) is 6.90. The second-order valence-corrected chi connectivity index (χ2v) is 8.00. The molecule has 1 amide bonds. The Morgan fingerprint density at radius 2 is 2.00 bits per heavy atom. The van der Waals surface area contributed by atoms with E-state index in [-0.39, 0.29) is 18.3 Å². The molecule has 0 fully saturated rings. The Bertz CT molecular complexity index is 1000. The molecule has 0 aliphatic carbocycles. The van der Waals surface area contributed by atoms with Gasteiger partial charge in [-0.2, -0.15) is 0 Å². The standard InChI is InChI=1S/C22H23N3O2S.ClH/c1-14-20(11-15-3-7-19(27-2)8-4-15)28-22(24-14)25-21(26)17-5-6-18-13-23-10-9-16(18)12-17;/h3-8,12,23H,9-11,13H2,1-2H3,(H,24,25,26);1H. The number of aryl methyl sites for hydroxylation is 1. The summed E-state index contributed by atoms with van der Waals surface area (Å²) in [4.78, 5) is 18.4. The van der Waals surface area contributed by atoms with Gasteiger partial charge in [0.15, 0.2) is 5.13 Å². The summed E-state index contributed by atoms with van der Waals surface area (Å²) in [6.45, 7) is 3.81. The van der Waals surface area contributed by atoms with Crippen LogP contribution in [0.2, 0.25) is 0 Å². The number of benzene rings is 2. The van der Waals surface area contributed by atoms with Crippen molar-refractivity contribution in [1.82, 2.24) is 10.3 Å². The fourth-order valence-corrected chi connectivity index (χ4v) is 4.35. The number of hydrogen-bond acceptors (Lipinski definition) is 5. The molecular weight excluding hydrogens is 406 g/mol. The number of rotatable bonds is 5. The lowest BCUT2D eigenvalue weighted by Gasteiger charge is -2.17. The number of hydrogen-bond donors (Lipinski definition) is 2. The third-order valence-electron chi connectivity index (χ3n) is 4.99. The van der Waals surface area contributed by atoms with Crippen LogP contribution in [0.5, 0.6) is 5.75 Å². The summed E-state index contributed by atoms with van der Waals surface area (Å²) >= 11 is 1.53. The average molecular weight is 430 g/mol. The number of aromatic nitrogens is 1. The van der Waals surface area contributed by atoms with E-state index in [0.717, 1.165) is 42.3 Å². The Morgan fingerprint density at radius 3 is 2.76 bits per heavy atom. The van der Waals surface area contributed by atoms with E-state index in [2.05, 4.69) is 27.8 Å². The van der Waals surface area contributed by atoms with Crippen molar-refractivity contribution in [2.75, 3.05) is 19.0 Å². The molecule has 1 aliphatic rings. The lowest BCUT2D eigenvalue weighted by Crippen LogP contribution is -2.24. The van der Waals surface area contributed by atoms with Crippen LogP contribution in [-0.4, -0.2) is 24.5 Å². The molecule has 4 rings (SSSR count). The predicted octanol–water partition coefficient (Wildman–Crippen LogP) is 4.37. The number of thiazole rings is 1. The van der Waals surface area contributed by atoms with Crippen molar-refractivity contribution in [1.29, 1.82) is 0 Å². The molecule has 3 aromatic rings. The summed E-state index contributed by atoms with van der Waals surface area (Å²) < 4.78 is 5.21. The Hall–Kier alpha value is -2.41. The SMILES string of the molecule is COc1ccc(Cc2sc(NC(=O)c3ccc4c(c3)CCNC4)nc2C)cc1.Cl. The molecule has 0 spiro atoms. The van der Waals surface area contributed by atoms with Crippen LogP contribution in [0.4, 0.5) is 5.13 Å². The minimum atomic E-state index is -0.105. The topological polar surface area (TPSA) is 63.2 Å². The molecule has 2 N–H and O–H groups in total. The Balaban J connectivity index is 0.00000240. The summed E-state index contributed by atoms with van der Waals surface area (Å²) in [6.07, 6.45) is 1.74. The molecule has 152 valence electrons. The molecule has 0 radical (unpaired) electrons. The Morgan fingerprint density at radius 1 is 1.21 bits per heavy atom. The first-order chi connectivity index (χ1) is 13.6. The first kappa shape index (κ1) is 21.3. The van der Waals surface area contributed by atoms with Gasteiger partial charge in [-0.05, 0) is 60.8 Å². The summed E-state index contributed by atoms with van der Waals surface area (Å²) in [5, 5.41) is 6.96. The van der Waals surface area contributed by atoms with Crippen LogP contribution in [0.3, 0.4) is 0 Å². The zero-order valence-electron chi connectivity index (χ0n) is 16.5. The lowest BCUT2D eigenvalue weighted by molar-refractivity contribution is 0.102. The van der Waals surface area contributed by atoms with Crippen molar-refractivity contribution >= 4 is 34.8 Å². The maximum absolute atomic E-state index is 12.7. The molecule has 0 unspecified atom stereocenters. The molecule has 1 aromatic heterocycles. The zero-order valence-corrected chi connectivity index (χ0v) is 18.1. The van der Waals surface area contributed by atoms with Crippen LogP contribution in [-0.2, 0) is 19.4 Å². The number of nitrogens with zero attached hydrogens (tertiary/aromatic N) is 1. The number of amides is 1. The molecule has 0 saturated heterocycles. The van der Waals surface area contributed by atoms with E-state index in [1.54, 1.807) is 7.11 Å². The van der Waals surface area contributed by atoms with Gasteiger partial charge in [0, 0.05) is 23.4 Å². The van der Waals surface area contributed by atoms with Gasteiger partial charge < -0.3 is 10.1 Å². The van der Waals surface area contributed by atoms with Gasteiger partial charge in [-0.15, -0.1) is 23.7 Å². The van der Waals surface area contributed by atoms with Gasteiger partial charge in [0.2, 0.25) is 0 Å². The minimum absolute atomic E-state index is 0. The molecule has 2 aromatic carbocycles. The summed E-state index contributed by atoms with van der Waals surface area (Å²) in [7, 11) is 1.66. The number of fused-ring (bicyclic) bond motifs is 1. The van der Waals surface area contributed by atoms with Crippen molar-refractivity contribution < 1.29 is 9.53 Å². The minimum Gasteiger partial charge on any atom is -0.497 e. The molecule has 5 nitrogen and oxygen atoms in total. The van der Waals surface area contributed by atoms with E-state index in [4.69, 9.17) is 4.74 Å². The lowest BCUT2D eigenvalue weighted by atomic mass is 9.98. The van der Waals surface area contributed by atoms with Crippen molar-refractivity contribution in [3.63, 3.8) is 0 Å². The number of ether oxygens (including phenoxy) is 1. The fourth-order valence-electron chi connectivity index (χ4n) is 3.36. The van der Waals surface area contributed by atoms with Gasteiger partial charge in [-0.25, -0.2) is 4.98 Å². The molecule has 29 heavy (non-hydrogen) atoms. The van der Waals surface area contributed by atoms with Gasteiger partial charge in [-0.1, -0.05) is 18.2 Å². The highest BCUT2D eigenvalue weighted by Gasteiger charge is 2.15. The first-order valence-electron chi connectivity index (χ1n) is 9.35. The highest BCUT2D eigenvalue weighted by Crippen LogP contribution is 2.26. The second-order valence-electron chi connectivity index (χ2n) is 6.92. The third kappa shape index (κ3) is 4.96. The highest BCUT2D eigenvalue weighted by molar-refractivity contribution is 7.15. The number of nitrogens with one attached hydrogen (secondary N) is 2. The second kappa shape index (κ2) is 9.39. The number of halogens is 1. The number of carbonyl (C=O) groups is 1. The fraction of sp³-hybridized carbons (Fsp3) is 0.273. The molecule has 7 heteroatoms. The maximum Gasteiger partial charge on any atom is 0.257 e. The van der Waals surface area contributed by atoms with E-state index in [1.807, 2.05) is 37.3 Å². The van der Waals surface area contributed by atoms with E-state index in [1.165, 1.54) is 28.0 Å². The zero-order chi connectivity index (χ0) is 19.5. The molecule has 0 atom stereocenters. The van der Waals surface area contributed by atoms with E-state index in [9.17, 15) is 4.79 Å². The van der Waals surface area contributed by atoms with Crippen molar-refractivity contribution in [2.24, 2.45) is 0 Å². The van der Waals surface area contributed by atoms with Gasteiger partial charge in [0.1, 0.15) is 5.75 Å². The van der Waals surface area contributed by atoms with Gasteiger partial charge in [0.25, 0.3) is 5.91 Å². The van der Waals surface area contributed by atoms with Crippen LogP contribution in [0.15, 0.2) is 42.5 Å². The van der Waals surface area contributed by atoms with Crippen LogP contribution in [0.25, 0.3) is 0 Å². The number of carbonyl (C=O) groups excluding carboxylic acids is 1. The Labute approximate surface area is 180 Å². The predicted molar refractivity (Wildman–Crippen MR) is 120 cm³/mol. The normalized spacial score (nSPS) is 12.6. The van der Waals surface area contributed by atoms with Crippen LogP contribution in [0, 0.1) is 6.92 Å². The molecular formula is C22H24ClN3O2S. The van der Waals surface area contributed by atoms with Crippen LogP contribution < -0.4 is 15.4 Å². The number of anilines is 1. The summed E-state index contributed by atoms with van der Waals surface area (Å²) in [5.74, 6) is 0.740. The van der Waals surface area contributed by atoms with E-state index < -0.39 is 0 Å². The molecule has 0 saturated carbocycles. The van der Waals surface area contributed by atoms with Crippen molar-refractivity contribution in [3.8, 4) is 5.75 Å². The van der Waals surface area contributed by atoms with E-state index >= 15 is 0 Å². The highest BCUT2D eigenvalue weighted by atomic mass is 35.5. The van der Waals surface area contributed by atoms with Gasteiger partial charge >= 0.3 is 0 Å². The maximum atomic E-state index is 12.7. The smallest absolute Gasteiger partial charge is 0.257 e. The molecule has 1 aliphatic heterocycles. The monoisotopic (exact) mass is 429 g/mol. The van der Waals surface area contributed by atoms with Gasteiger partial charge in [0.05, 0.1) is 12.8 Å². The largest absolute Gasteiger partial charge is 0.497 e. The average Bonchev–Trinajstić information content (AvgIpc) is 3.06. The third-order valence-corrected chi connectivity index (χ3v) is 6.06. The van der Waals surface area contributed by atoms with Crippen LogP contribution >= 0.6 is 23.7 Å². The summed E-state index contributed by atoms with van der Waals surface area (Å²) in [6, 6.07) is 14.0. The van der Waals surface area contributed by atoms with Crippen LogP contribution in [0.1, 0.15) is 37.6 Å². The van der Waals surface area contributed by atoms with Crippen molar-refractivity contribution in [2.45, 2.75) is 26.3 Å². The molecule has 2 heterocycles. The van der Waals surface area contributed by atoms with Gasteiger partial charge in [-0.3, -0.25) is 10.1 Å².